The lowest BCUT2D eigenvalue weighted by atomic mass is 10.1. The average molecular weight is 347 g/mol. The third kappa shape index (κ3) is 7.83. The third-order valence-corrected chi connectivity index (χ3v) is 3.47. The molecule has 2 N–H and O–H groups in total. The Morgan fingerprint density at radius 2 is 1.76 bits per heavy atom. The van der Waals surface area contributed by atoms with Gasteiger partial charge in [-0.3, -0.25) is 14.4 Å². The number of rotatable bonds is 8. The van der Waals surface area contributed by atoms with Gasteiger partial charge < -0.3 is 15.5 Å². The van der Waals surface area contributed by atoms with Crippen molar-refractivity contribution in [2.75, 3.05) is 25.0 Å². The maximum Gasteiger partial charge on any atom is 0.243 e. The molecule has 1 rings (SSSR count). The summed E-state index contributed by atoms with van der Waals surface area (Å²) in [6.45, 7) is 9.89. The van der Waals surface area contributed by atoms with Crippen molar-refractivity contribution in [1.29, 1.82) is 0 Å². The maximum absolute atomic E-state index is 12.2. The highest BCUT2D eigenvalue weighted by Crippen LogP contribution is 2.09. The normalized spacial score (nSPS) is 10.7. The minimum atomic E-state index is -0.339. The summed E-state index contributed by atoms with van der Waals surface area (Å²) < 4.78 is 0. The lowest BCUT2D eigenvalue weighted by molar-refractivity contribution is -0.139. The summed E-state index contributed by atoms with van der Waals surface area (Å²) in [5.41, 5.74) is 1.73. The number of aryl methyl sites for hydroxylation is 1. The standard InChI is InChI=1S/C19H29N3O3/c1-13(2)11-22(19(25)14(3)4)12-18(24)20-10-17(23)21-16-8-6-7-15(5)9-16/h6-9,13-14H,10-12H2,1-5H3,(H,20,24)(H,21,23). The number of carbonyl (C=O) groups excluding carboxylic acids is 3. The quantitative estimate of drug-likeness (QED) is 0.757. The number of nitrogens with zero attached hydrogens (tertiary/aromatic N) is 1. The molecule has 0 bridgehead atoms. The van der Waals surface area contributed by atoms with E-state index in [0.29, 0.717) is 12.2 Å². The SMILES string of the molecule is Cc1cccc(NC(=O)CNC(=O)CN(CC(C)C)C(=O)C(C)C)c1. The second-order valence-corrected chi connectivity index (χ2v) is 6.96. The zero-order chi connectivity index (χ0) is 19.0. The highest BCUT2D eigenvalue weighted by atomic mass is 16.2. The fraction of sp³-hybridized carbons (Fsp3) is 0.526. The lowest BCUT2D eigenvalue weighted by Gasteiger charge is -2.25. The Kier molecular flexibility index (Phi) is 8.11. The van der Waals surface area contributed by atoms with Crippen LogP contribution in [-0.4, -0.2) is 42.3 Å². The van der Waals surface area contributed by atoms with Crippen LogP contribution in [0.25, 0.3) is 0 Å². The molecule has 1 aromatic rings. The van der Waals surface area contributed by atoms with E-state index in [2.05, 4.69) is 10.6 Å². The fourth-order valence-electron chi connectivity index (χ4n) is 2.37. The van der Waals surface area contributed by atoms with Gasteiger partial charge in [-0.2, -0.15) is 0 Å². The van der Waals surface area contributed by atoms with Crippen molar-refractivity contribution >= 4 is 23.4 Å². The number of hydrogen-bond acceptors (Lipinski definition) is 3. The molecule has 0 heterocycles. The molecule has 6 nitrogen and oxygen atoms in total. The van der Waals surface area contributed by atoms with E-state index in [9.17, 15) is 14.4 Å². The smallest absolute Gasteiger partial charge is 0.243 e. The number of benzene rings is 1. The van der Waals surface area contributed by atoms with E-state index in [1.807, 2.05) is 52.8 Å². The molecule has 0 unspecified atom stereocenters. The van der Waals surface area contributed by atoms with Gasteiger partial charge in [-0.15, -0.1) is 0 Å². The third-order valence-electron chi connectivity index (χ3n) is 3.47. The van der Waals surface area contributed by atoms with Gasteiger partial charge in [-0.1, -0.05) is 39.8 Å². The Balaban J connectivity index is 2.50. The number of carbonyl (C=O) groups is 3. The highest BCUT2D eigenvalue weighted by molar-refractivity contribution is 5.95. The van der Waals surface area contributed by atoms with Gasteiger partial charge in [0.1, 0.15) is 0 Å². The first-order valence-corrected chi connectivity index (χ1v) is 8.61. The fourth-order valence-corrected chi connectivity index (χ4v) is 2.37. The molecule has 0 radical (unpaired) electrons. The Morgan fingerprint density at radius 3 is 2.32 bits per heavy atom. The first-order valence-electron chi connectivity index (χ1n) is 8.61. The summed E-state index contributed by atoms with van der Waals surface area (Å²) in [6, 6.07) is 7.43. The van der Waals surface area contributed by atoms with Gasteiger partial charge in [-0.05, 0) is 30.5 Å². The molecule has 25 heavy (non-hydrogen) atoms. The topological polar surface area (TPSA) is 78.5 Å². The molecule has 0 aliphatic heterocycles. The monoisotopic (exact) mass is 347 g/mol. The van der Waals surface area contributed by atoms with E-state index in [1.54, 1.807) is 11.0 Å². The van der Waals surface area contributed by atoms with E-state index < -0.39 is 0 Å². The number of nitrogens with one attached hydrogen (secondary N) is 2. The summed E-state index contributed by atoms with van der Waals surface area (Å²) in [6.07, 6.45) is 0. The van der Waals surface area contributed by atoms with Gasteiger partial charge in [0.2, 0.25) is 17.7 Å². The molecule has 6 heteroatoms. The van der Waals surface area contributed by atoms with E-state index in [-0.39, 0.29) is 42.6 Å². The molecular formula is C19H29N3O3. The van der Waals surface area contributed by atoms with Crippen LogP contribution in [-0.2, 0) is 14.4 Å². The van der Waals surface area contributed by atoms with Crippen molar-refractivity contribution in [2.45, 2.75) is 34.6 Å². The van der Waals surface area contributed by atoms with Crippen molar-refractivity contribution in [2.24, 2.45) is 11.8 Å². The first kappa shape index (κ1) is 20.7. The van der Waals surface area contributed by atoms with E-state index in [4.69, 9.17) is 0 Å². The molecular weight excluding hydrogens is 318 g/mol. The Bertz CT molecular complexity index is 612. The molecule has 0 aliphatic carbocycles. The van der Waals surface area contributed by atoms with Crippen molar-refractivity contribution in [3.05, 3.63) is 29.8 Å². The zero-order valence-electron chi connectivity index (χ0n) is 15.8. The van der Waals surface area contributed by atoms with Gasteiger partial charge in [-0.25, -0.2) is 0 Å². The second-order valence-electron chi connectivity index (χ2n) is 6.96. The number of amides is 3. The van der Waals surface area contributed by atoms with Crippen LogP contribution in [0.3, 0.4) is 0 Å². The second kappa shape index (κ2) is 9.81. The van der Waals surface area contributed by atoms with E-state index in [0.717, 1.165) is 5.56 Å². The van der Waals surface area contributed by atoms with Crippen LogP contribution < -0.4 is 10.6 Å². The van der Waals surface area contributed by atoms with Crippen molar-refractivity contribution in [3.63, 3.8) is 0 Å². The Hall–Kier alpha value is -2.37. The minimum absolute atomic E-state index is 0.0348. The van der Waals surface area contributed by atoms with Crippen LogP contribution in [0.15, 0.2) is 24.3 Å². The molecule has 0 saturated carbocycles. The summed E-state index contributed by atoms with van der Waals surface area (Å²) in [5, 5.41) is 5.30. The summed E-state index contributed by atoms with van der Waals surface area (Å²) in [7, 11) is 0. The van der Waals surface area contributed by atoms with E-state index in [1.165, 1.54) is 0 Å². The van der Waals surface area contributed by atoms with Gasteiger partial charge in [0.25, 0.3) is 0 Å². The van der Waals surface area contributed by atoms with Crippen molar-refractivity contribution < 1.29 is 14.4 Å². The molecule has 0 saturated heterocycles. The molecule has 0 aliphatic rings. The van der Waals surface area contributed by atoms with Crippen molar-refractivity contribution in [3.8, 4) is 0 Å². The van der Waals surface area contributed by atoms with Gasteiger partial charge in [0.05, 0.1) is 13.1 Å². The van der Waals surface area contributed by atoms with Crippen LogP contribution in [0.4, 0.5) is 5.69 Å². The molecule has 3 amide bonds. The molecule has 0 spiro atoms. The summed E-state index contributed by atoms with van der Waals surface area (Å²) in [4.78, 5) is 37.8. The van der Waals surface area contributed by atoms with Crippen LogP contribution in [0.5, 0.6) is 0 Å². The largest absolute Gasteiger partial charge is 0.345 e. The predicted molar refractivity (Wildman–Crippen MR) is 99.1 cm³/mol. The van der Waals surface area contributed by atoms with Crippen LogP contribution in [0.2, 0.25) is 0 Å². The molecule has 1 aromatic carbocycles. The first-order chi connectivity index (χ1) is 11.7. The van der Waals surface area contributed by atoms with Gasteiger partial charge >= 0.3 is 0 Å². The number of hydrogen-bond donors (Lipinski definition) is 2. The molecule has 138 valence electrons. The molecule has 0 aromatic heterocycles. The van der Waals surface area contributed by atoms with E-state index >= 15 is 0 Å². The Labute approximate surface area is 150 Å². The lowest BCUT2D eigenvalue weighted by Crippen LogP contribution is -2.45. The van der Waals surface area contributed by atoms with Gasteiger partial charge in [0.15, 0.2) is 0 Å². The Morgan fingerprint density at radius 1 is 1.08 bits per heavy atom. The zero-order valence-corrected chi connectivity index (χ0v) is 15.8. The van der Waals surface area contributed by atoms with Crippen molar-refractivity contribution in [1.82, 2.24) is 10.2 Å². The van der Waals surface area contributed by atoms with Crippen LogP contribution in [0, 0.1) is 18.8 Å². The predicted octanol–water partition coefficient (Wildman–Crippen LogP) is 2.19. The highest BCUT2D eigenvalue weighted by Gasteiger charge is 2.20. The van der Waals surface area contributed by atoms with Crippen LogP contribution in [0.1, 0.15) is 33.3 Å². The molecule has 0 fully saturated rings. The number of anilines is 1. The van der Waals surface area contributed by atoms with Crippen LogP contribution >= 0.6 is 0 Å². The summed E-state index contributed by atoms with van der Waals surface area (Å²) in [5.74, 6) is -0.608. The minimum Gasteiger partial charge on any atom is -0.345 e. The molecule has 0 atom stereocenters. The average Bonchev–Trinajstić information content (AvgIpc) is 2.51. The summed E-state index contributed by atoms with van der Waals surface area (Å²) >= 11 is 0. The van der Waals surface area contributed by atoms with Gasteiger partial charge in [0, 0.05) is 18.2 Å². The maximum atomic E-state index is 12.2.